The molecule has 0 aliphatic heterocycles. The molecule has 0 spiro atoms. The third kappa shape index (κ3) is 3.72. The van der Waals surface area contributed by atoms with Crippen LogP contribution in [0, 0.1) is 5.82 Å². The quantitative estimate of drug-likeness (QED) is 0.879. The summed E-state index contributed by atoms with van der Waals surface area (Å²) < 4.78 is 13.0. The zero-order valence-electron chi connectivity index (χ0n) is 10.3. The summed E-state index contributed by atoms with van der Waals surface area (Å²) in [5.74, 6) is -0.636. The van der Waals surface area contributed by atoms with Crippen molar-refractivity contribution in [3.63, 3.8) is 0 Å². The lowest BCUT2D eigenvalue weighted by molar-refractivity contribution is 0.0949. The van der Waals surface area contributed by atoms with Gasteiger partial charge >= 0.3 is 0 Å². The van der Waals surface area contributed by atoms with Gasteiger partial charge in [0.15, 0.2) is 0 Å². The Kier molecular flexibility index (Phi) is 4.40. The topological polar surface area (TPSA) is 66.9 Å². The van der Waals surface area contributed by atoms with Gasteiger partial charge in [0, 0.05) is 13.1 Å². The van der Waals surface area contributed by atoms with Gasteiger partial charge in [0.05, 0.1) is 0 Å². The van der Waals surface area contributed by atoms with E-state index in [0.29, 0.717) is 10.7 Å². The van der Waals surface area contributed by atoms with Gasteiger partial charge in [-0.25, -0.2) is 4.39 Å². The highest BCUT2D eigenvalue weighted by Crippen LogP contribution is 2.14. The van der Waals surface area contributed by atoms with Crippen molar-refractivity contribution in [2.75, 3.05) is 11.9 Å². The molecular formula is C12H13FN4OS. The molecule has 19 heavy (non-hydrogen) atoms. The predicted molar refractivity (Wildman–Crippen MR) is 71.6 cm³/mol. The van der Waals surface area contributed by atoms with Crippen molar-refractivity contribution in [3.05, 3.63) is 40.7 Å². The summed E-state index contributed by atoms with van der Waals surface area (Å²) in [6.07, 6.45) is 0. The lowest BCUT2D eigenvalue weighted by atomic mass is 10.2. The highest BCUT2D eigenvalue weighted by atomic mass is 32.1. The molecule has 1 aromatic carbocycles. The maximum Gasteiger partial charge on any atom is 0.282 e. The fourth-order valence-electron chi connectivity index (χ4n) is 1.44. The van der Waals surface area contributed by atoms with Crippen LogP contribution in [0.2, 0.25) is 0 Å². The summed E-state index contributed by atoms with van der Waals surface area (Å²) in [4.78, 5) is 11.8. The lowest BCUT2D eigenvalue weighted by Gasteiger charge is -2.02. The van der Waals surface area contributed by atoms with Crippen molar-refractivity contribution in [1.82, 2.24) is 15.5 Å². The van der Waals surface area contributed by atoms with Crippen LogP contribution in [0.4, 0.5) is 9.52 Å². The van der Waals surface area contributed by atoms with Crippen LogP contribution in [0.25, 0.3) is 0 Å². The van der Waals surface area contributed by atoms with Crippen LogP contribution in [-0.2, 0) is 6.54 Å². The van der Waals surface area contributed by atoms with Gasteiger partial charge < -0.3 is 10.6 Å². The molecule has 1 heterocycles. The minimum absolute atomic E-state index is 0.257. The number of aromatic nitrogens is 2. The Balaban J connectivity index is 1.93. The molecule has 0 aliphatic carbocycles. The van der Waals surface area contributed by atoms with E-state index in [1.54, 1.807) is 12.1 Å². The zero-order chi connectivity index (χ0) is 13.7. The van der Waals surface area contributed by atoms with E-state index >= 15 is 0 Å². The molecule has 0 aliphatic rings. The summed E-state index contributed by atoms with van der Waals surface area (Å²) in [5.41, 5.74) is 0.699. The second-order valence-corrected chi connectivity index (χ2v) is 4.73. The molecule has 0 unspecified atom stereocenters. The second kappa shape index (κ2) is 6.24. The molecule has 0 bridgehead atoms. The average molecular weight is 280 g/mol. The second-order valence-electron chi connectivity index (χ2n) is 3.76. The normalized spacial score (nSPS) is 10.2. The first-order valence-electron chi connectivity index (χ1n) is 5.79. The van der Waals surface area contributed by atoms with E-state index in [1.165, 1.54) is 23.5 Å². The SMILES string of the molecule is CCNc1nnc(C(=O)NCc2cccc(F)c2)s1. The molecule has 0 atom stereocenters. The van der Waals surface area contributed by atoms with Crippen LogP contribution < -0.4 is 10.6 Å². The predicted octanol–water partition coefficient (Wildman–Crippen LogP) is 2.04. The minimum atomic E-state index is -0.322. The number of carbonyl (C=O) groups is 1. The average Bonchev–Trinajstić information content (AvgIpc) is 2.85. The van der Waals surface area contributed by atoms with Crippen molar-refractivity contribution >= 4 is 22.4 Å². The van der Waals surface area contributed by atoms with Crippen molar-refractivity contribution < 1.29 is 9.18 Å². The van der Waals surface area contributed by atoms with E-state index in [-0.39, 0.29) is 23.3 Å². The van der Waals surface area contributed by atoms with Gasteiger partial charge in [0.2, 0.25) is 10.1 Å². The number of rotatable bonds is 5. The lowest BCUT2D eigenvalue weighted by Crippen LogP contribution is -2.22. The molecule has 5 nitrogen and oxygen atoms in total. The number of anilines is 1. The third-order valence-corrected chi connectivity index (χ3v) is 3.17. The van der Waals surface area contributed by atoms with Gasteiger partial charge in [-0.1, -0.05) is 23.5 Å². The van der Waals surface area contributed by atoms with Gasteiger partial charge in [-0.15, -0.1) is 10.2 Å². The molecule has 1 aromatic heterocycles. The van der Waals surface area contributed by atoms with Crippen molar-refractivity contribution in [1.29, 1.82) is 0 Å². The van der Waals surface area contributed by atoms with E-state index in [4.69, 9.17) is 0 Å². The molecule has 0 saturated heterocycles. The maximum absolute atomic E-state index is 13.0. The Bertz CT molecular complexity index is 572. The molecule has 1 amide bonds. The molecule has 7 heteroatoms. The van der Waals surface area contributed by atoms with Crippen LogP contribution in [0.15, 0.2) is 24.3 Å². The molecule has 2 N–H and O–H groups in total. The van der Waals surface area contributed by atoms with Crippen LogP contribution in [0.3, 0.4) is 0 Å². The highest BCUT2D eigenvalue weighted by molar-refractivity contribution is 7.17. The smallest absolute Gasteiger partial charge is 0.282 e. The first kappa shape index (κ1) is 13.4. The number of hydrogen-bond donors (Lipinski definition) is 2. The fraction of sp³-hybridized carbons (Fsp3) is 0.250. The largest absolute Gasteiger partial charge is 0.360 e. The van der Waals surface area contributed by atoms with Crippen molar-refractivity contribution in [2.45, 2.75) is 13.5 Å². The van der Waals surface area contributed by atoms with Gasteiger partial charge in [0.25, 0.3) is 5.91 Å². The first-order chi connectivity index (χ1) is 9.19. The molecular weight excluding hydrogens is 267 g/mol. The standard InChI is InChI=1S/C12H13FN4OS/c1-2-14-12-17-16-11(19-12)10(18)15-7-8-4-3-5-9(13)6-8/h3-6H,2,7H2,1H3,(H,14,17)(H,15,18). The van der Waals surface area contributed by atoms with E-state index in [1.807, 2.05) is 6.92 Å². The Morgan fingerprint density at radius 1 is 1.42 bits per heavy atom. The summed E-state index contributed by atoms with van der Waals surface area (Å²) in [5, 5.41) is 14.2. The van der Waals surface area contributed by atoms with Crippen LogP contribution >= 0.6 is 11.3 Å². The fourth-order valence-corrected chi connectivity index (χ4v) is 2.17. The van der Waals surface area contributed by atoms with Gasteiger partial charge in [-0.3, -0.25) is 4.79 Å². The summed E-state index contributed by atoms with van der Waals surface area (Å²) in [7, 11) is 0. The van der Waals surface area contributed by atoms with Crippen molar-refractivity contribution in [2.24, 2.45) is 0 Å². The monoisotopic (exact) mass is 280 g/mol. The summed E-state index contributed by atoms with van der Waals surface area (Å²) >= 11 is 1.18. The van der Waals surface area contributed by atoms with Crippen LogP contribution in [0.5, 0.6) is 0 Å². The van der Waals surface area contributed by atoms with E-state index < -0.39 is 0 Å². The Labute approximate surface area is 113 Å². The first-order valence-corrected chi connectivity index (χ1v) is 6.60. The number of halogens is 1. The van der Waals surface area contributed by atoms with Crippen LogP contribution in [-0.4, -0.2) is 22.6 Å². The van der Waals surface area contributed by atoms with Gasteiger partial charge in [-0.2, -0.15) is 0 Å². The number of carbonyl (C=O) groups excluding carboxylic acids is 1. The number of amides is 1. The van der Waals surface area contributed by atoms with Crippen molar-refractivity contribution in [3.8, 4) is 0 Å². The highest BCUT2D eigenvalue weighted by Gasteiger charge is 2.12. The van der Waals surface area contributed by atoms with E-state index in [0.717, 1.165) is 6.54 Å². The minimum Gasteiger partial charge on any atom is -0.360 e. The van der Waals surface area contributed by atoms with E-state index in [9.17, 15) is 9.18 Å². The number of nitrogens with zero attached hydrogens (tertiary/aromatic N) is 2. The molecule has 100 valence electrons. The number of benzene rings is 1. The summed E-state index contributed by atoms with van der Waals surface area (Å²) in [6.45, 7) is 2.91. The van der Waals surface area contributed by atoms with E-state index in [2.05, 4.69) is 20.8 Å². The molecule has 0 saturated carbocycles. The maximum atomic E-state index is 13.0. The molecule has 0 radical (unpaired) electrons. The van der Waals surface area contributed by atoms with Gasteiger partial charge in [-0.05, 0) is 24.6 Å². The third-order valence-electron chi connectivity index (χ3n) is 2.29. The van der Waals surface area contributed by atoms with Gasteiger partial charge in [0.1, 0.15) is 5.82 Å². The van der Waals surface area contributed by atoms with Crippen LogP contribution in [0.1, 0.15) is 22.3 Å². The molecule has 2 rings (SSSR count). The zero-order valence-corrected chi connectivity index (χ0v) is 11.1. The Hall–Kier alpha value is -2.02. The number of hydrogen-bond acceptors (Lipinski definition) is 5. The summed E-state index contributed by atoms with van der Waals surface area (Å²) in [6, 6.07) is 6.09. The Morgan fingerprint density at radius 2 is 2.26 bits per heavy atom. The Morgan fingerprint density at radius 3 is 3.00 bits per heavy atom. The molecule has 2 aromatic rings. The number of nitrogens with one attached hydrogen (secondary N) is 2. The molecule has 0 fully saturated rings.